The van der Waals surface area contributed by atoms with Crippen LogP contribution in [0.4, 0.5) is 15.9 Å². The molecule has 4 unspecified atom stereocenters. The Kier molecular flexibility index (Phi) is 4.94. The Balaban J connectivity index is 1.70. The molecule has 1 aromatic carbocycles. The van der Waals surface area contributed by atoms with E-state index < -0.39 is 24.5 Å². The number of hydrogen-bond acceptors (Lipinski definition) is 8. The Morgan fingerprint density at radius 1 is 1.21 bits per heavy atom. The highest BCUT2D eigenvalue weighted by molar-refractivity contribution is 5.85. The van der Waals surface area contributed by atoms with E-state index in [0.717, 1.165) is 0 Å². The van der Waals surface area contributed by atoms with E-state index in [2.05, 4.69) is 20.3 Å². The molecule has 148 valence electrons. The van der Waals surface area contributed by atoms with Gasteiger partial charge in [0.25, 0.3) is 0 Å². The van der Waals surface area contributed by atoms with Gasteiger partial charge in [0.15, 0.2) is 23.2 Å². The van der Waals surface area contributed by atoms with Gasteiger partial charge in [0, 0.05) is 12.8 Å². The average Bonchev–Trinajstić information content (AvgIpc) is 3.20. The molecule has 3 heterocycles. The van der Waals surface area contributed by atoms with Gasteiger partial charge in [0.1, 0.15) is 30.0 Å². The second-order valence-corrected chi connectivity index (χ2v) is 6.58. The number of aryl methyl sites for hydroxylation is 1. The lowest BCUT2D eigenvalue weighted by Crippen LogP contribution is -2.33. The number of nitrogens with one attached hydrogen (secondary N) is 1. The van der Waals surface area contributed by atoms with Crippen LogP contribution in [0.5, 0.6) is 0 Å². The van der Waals surface area contributed by atoms with E-state index >= 15 is 0 Å². The van der Waals surface area contributed by atoms with E-state index in [9.17, 15) is 14.6 Å². The van der Waals surface area contributed by atoms with Crippen molar-refractivity contribution >= 4 is 22.7 Å². The summed E-state index contributed by atoms with van der Waals surface area (Å²) in [6, 6.07) is 5.86. The third kappa shape index (κ3) is 3.31. The zero-order chi connectivity index (χ0) is 19.8. The van der Waals surface area contributed by atoms with Crippen LogP contribution in [0.15, 0.2) is 30.6 Å². The monoisotopic (exact) mass is 389 g/mol. The molecule has 1 fully saturated rings. The number of aromatic nitrogens is 4. The summed E-state index contributed by atoms with van der Waals surface area (Å²) in [5.74, 6) is 0.574. The van der Waals surface area contributed by atoms with Gasteiger partial charge >= 0.3 is 0 Å². The molecule has 0 aliphatic carbocycles. The minimum atomic E-state index is -1.17. The normalized spacial score (nSPS) is 24.8. The van der Waals surface area contributed by atoms with E-state index in [1.165, 1.54) is 25.6 Å². The topological polar surface area (TPSA) is 115 Å². The first-order valence-electron chi connectivity index (χ1n) is 8.72. The standard InChI is InChI=1S/C18H20FN5O4/c1-9-21-16(23-11-5-3-10(19)4-6-11)13-17(22-9)24(8-20-13)18-15(26)14(25)12(28-18)7-27-2/h3-6,8,12,14-15,18,25-26H,7H2,1-2H3,(H,21,22,23). The zero-order valence-corrected chi connectivity index (χ0v) is 15.3. The minimum absolute atomic E-state index is 0.146. The van der Waals surface area contributed by atoms with Gasteiger partial charge in [-0.15, -0.1) is 0 Å². The maximum atomic E-state index is 13.1. The first-order valence-corrected chi connectivity index (χ1v) is 8.72. The molecule has 4 rings (SSSR count). The number of halogens is 1. The largest absolute Gasteiger partial charge is 0.387 e. The van der Waals surface area contributed by atoms with Gasteiger partial charge in [-0.2, -0.15) is 0 Å². The van der Waals surface area contributed by atoms with Gasteiger partial charge in [0.05, 0.1) is 12.9 Å². The van der Waals surface area contributed by atoms with Gasteiger partial charge in [0.2, 0.25) is 0 Å². The fourth-order valence-electron chi connectivity index (χ4n) is 3.23. The van der Waals surface area contributed by atoms with E-state index in [1.807, 2.05) is 0 Å². The summed E-state index contributed by atoms with van der Waals surface area (Å²) in [6.07, 6.45) is -2.32. The molecule has 1 aliphatic heterocycles. The van der Waals surface area contributed by atoms with Crippen LogP contribution in [-0.4, -0.2) is 61.8 Å². The maximum absolute atomic E-state index is 13.1. The third-order valence-corrected chi connectivity index (χ3v) is 4.58. The van der Waals surface area contributed by atoms with Crippen molar-refractivity contribution in [3.8, 4) is 0 Å². The molecule has 9 nitrogen and oxygen atoms in total. The first-order chi connectivity index (χ1) is 13.5. The zero-order valence-electron chi connectivity index (χ0n) is 15.3. The van der Waals surface area contributed by atoms with Gasteiger partial charge in [-0.05, 0) is 31.2 Å². The van der Waals surface area contributed by atoms with Crippen LogP contribution < -0.4 is 5.32 Å². The Morgan fingerprint density at radius 3 is 2.68 bits per heavy atom. The fraction of sp³-hybridized carbons (Fsp3) is 0.389. The Hall–Kier alpha value is -2.66. The van der Waals surface area contributed by atoms with Crippen molar-refractivity contribution in [1.29, 1.82) is 0 Å². The molecule has 1 aliphatic rings. The van der Waals surface area contributed by atoms with Crippen molar-refractivity contribution < 1.29 is 24.1 Å². The molecule has 0 radical (unpaired) electrons. The lowest BCUT2D eigenvalue weighted by atomic mass is 10.1. The van der Waals surface area contributed by atoms with E-state index in [1.54, 1.807) is 23.6 Å². The molecule has 0 spiro atoms. The van der Waals surface area contributed by atoms with Crippen LogP contribution in [0, 0.1) is 12.7 Å². The second kappa shape index (κ2) is 7.40. The number of imidazole rings is 1. The van der Waals surface area contributed by atoms with Crippen LogP contribution in [0.2, 0.25) is 0 Å². The number of benzene rings is 1. The van der Waals surface area contributed by atoms with Crippen LogP contribution in [-0.2, 0) is 9.47 Å². The fourth-order valence-corrected chi connectivity index (χ4v) is 3.23. The van der Waals surface area contributed by atoms with Crippen molar-refractivity contribution in [2.75, 3.05) is 19.0 Å². The highest BCUT2D eigenvalue weighted by atomic mass is 19.1. The number of rotatable bonds is 5. The Bertz CT molecular complexity index is 980. The van der Waals surface area contributed by atoms with Crippen molar-refractivity contribution in [1.82, 2.24) is 19.5 Å². The molecule has 4 atom stereocenters. The van der Waals surface area contributed by atoms with E-state index in [-0.39, 0.29) is 12.4 Å². The number of anilines is 2. The van der Waals surface area contributed by atoms with Gasteiger partial charge < -0.3 is 25.0 Å². The number of ether oxygens (including phenoxy) is 2. The Morgan fingerprint density at radius 2 is 1.96 bits per heavy atom. The lowest BCUT2D eigenvalue weighted by molar-refractivity contribution is -0.0580. The Labute approximate surface area is 159 Å². The van der Waals surface area contributed by atoms with Crippen molar-refractivity contribution in [2.45, 2.75) is 31.5 Å². The molecular formula is C18H20FN5O4. The number of methoxy groups -OCH3 is 1. The molecule has 1 saturated heterocycles. The third-order valence-electron chi connectivity index (χ3n) is 4.58. The summed E-state index contributed by atoms with van der Waals surface area (Å²) in [5.41, 5.74) is 1.53. The quantitative estimate of drug-likeness (QED) is 0.598. The number of aliphatic hydroxyl groups excluding tert-OH is 2. The van der Waals surface area contributed by atoms with E-state index in [0.29, 0.717) is 28.5 Å². The molecule has 0 bridgehead atoms. The molecule has 10 heteroatoms. The number of hydrogen-bond donors (Lipinski definition) is 3. The van der Waals surface area contributed by atoms with E-state index in [4.69, 9.17) is 9.47 Å². The average molecular weight is 389 g/mol. The molecule has 3 N–H and O–H groups in total. The highest BCUT2D eigenvalue weighted by Crippen LogP contribution is 2.33. The van der Waals surface area contributed by atoms with Crippen LogP contribution in [0.25, 0.3) is 11.2 Å². The predicted octanol–water partition coefficient (Wildman–Crippen LogP) is 1.28. The van der Waals surface area contributed by atoms with Gasteiger partial charge in [-0.3, -0.25) is 4.57 Å². The first kappa shape index (κ1) is 18.7. The second-order valence-electron chi connectivity index (χ2n) is 6.58. The summed E-state index contributed by atoms with van der Waals surface area (Å²) >= 11 is 0. The molecule has 28 heavy (non-hydrogen) atoms. The summed E-state index contributed by atoms with van der Waals surface area (Å²) < 4.78 is 25.5. The lowest BCUT2D eigenvalue weighted by Gasteiger charge is -2.17. The summed E-state index contributed by atoms with van der Waals surface area (Å²) in [4.78, 5) is 13.1. The summed E-state index contributed by atoms with van der Waals surface area (Å²) in [7, 11) is 1.49. The maximum Gasteiger partial charge on any atom is 0.167 e. The molecule has 0 amide bonds. The van der Waals surface area contributed by atoms with Crippen molar-refractivity contribution in [3.05, 3.63) is 42.2 Å². The molecular weight excluding hydrogens is 369 g/mol. The van der Waals surface area contributed by atoms with Gasteiger partial charge in [-0.1, -0.05) is 0 Å². The van der Waals surface area contributed by atoms with Gasteiger partial charge in [-0.25, -0.2) is 19.3 Å². The predicted molar refractivity (Wildman–Crippen MR) is 97.5 cm³/mol. The number of aliphatic hydroxyl groups is 2. The molecule has 0 saturated carbocycles. The van der Waals surface area contributed by atoms with Crippen LogP contribution in [0.3, 0.4) is 0 Å². The number of nitrogens with zero attached hydrogens (tertiary/aromatic N) is 4. The molecule has 3 aromatic rings. The smallest absolute Gasteiger partial charge is 0.167 e. The summed E-state index contributed by atoms with van der Waals surface area (Å²) in [5, 5.41) is 23.7. The molecule has 2 aromatic heterocycles. The van der Waals surface area contributed by atoms with Crippen molar-refractivity contribution in [3.63, 3.8) is 0 Å². The SMILES string of the molecule is COCC1OC(n2cnc3c(Nc4ccc(F)cc4)nc(C)nc32)C(O)C1O. The van der Waals surface area contributed by atoms with Crippen LogP contribution >= 0.6 is 0 Å². The van der Waals surface area contributed by atoms with Crippen LogP contribution in [0.1, 0.15) is 12.1 Å². The minimum Gasteiger partial charge on any atom is -0.387 e. The highest BCUT2D eigenvalue weighted by Gasteiger charge is 2.44. The summed E-state index contributed by atoms with van der Waals surface area (Å²) in [6.45, 7) is 1.87. The number of fused-ring (bicyclic) bond motifs is 1. The van der Waals surface area contributed by atoms with Crippen molar-refractivity contribution in [2.24, 2.45) is 0 Å².